The molecule has 0 amide bonds. The SMILES string of the molecule is CCn1ncnc1COc1cccc(Cl)c1C(N)=S. The molecule has 1 heterocycles. The standard InChI is InChI=1S/C12H13ClN4OS/c1-2-17-10(15-7-16-17)6-18-9-5-3-4-8(13)11(9)12(14)19/h3-5,7H,2,6H2,1H3,(H2,14,19). The van der Waals surface area contributed by atoms with Crippen molar-refractivity contribution in [2.45, 2.75) is 20.1 Å². The Morgan fingerprint density at radius 1 is 1.53 bits per heavy atom. The highest BCUT2D eigenvalue weighted by Gasteiger charge is 2.12. The van der Waals surface area contributed by atoms with Gasteiger partial charge in [-0.15, -0.1) is 0 Å². The first-order valence-corrected chi connectivity index (χ1v) is 6.50. The number of nitrogens with zero attached hydrogens (tertiary/aromatic N) is 3. The van der Waals surface area contributed by atoms with Gasteiger partial charge in [0.1, 0.15) is 23.7 Å². The van der Waals surface area contributed by atoms with Crippen molar-refractivity contribution in [2.75, 3.05) is 0 Å². The molecule has 0 radical (unpaired) electrons. The van der Waals surface area contributed by atoms with Crippen molar-refractivity contribution in [3.63, 3.8) is 0 Å². The lowest BCUT2D eigenvalue weighted by Gasteiger charge is -2.11. The van der Waals surface area contributed by atoms with Gasteiger partial charge in [0, 0.05) is 6.54 Å². The Hall–Kier alpha value is -1.66. The quantitative estimate of drug-likeness (QED) is 0.857. The van der Waals surface area contributed by atoms with Gasteiger partial charge in [-0.3, -0.25) is 0 Å². The van der Waals surface area contributed by atoms with Gasteiger partial charge in [0.2, 0.25) is 0 Å². The van der Waals surface area contributed by atoms with E-state index in [1.165, 1.54) is 6.33 Å². The van der Waals surface area contributed by atoms with Crippen LogP contribution in [0, 0.1) is 0 Å². The fourth-order valence-electron chi connectivity index (χ4n) is 1.67. The molecule has 19 heavy (non-hydrogen) atoms. The van der Waals surface area contributed by atoms with Gasteiger partial charge in [0.25, 0.3) is 0 Å². The molecule has 0 unspecified atom stereocenters. The average Bonchev–Trinajstić information content (AvgIpc) is 2.83. The lowest BCUT2D eigenvalue weighted by molar-refractivity contribution is 0.287. The molecule has 1 aromatic carbocycles. The molecule has 7 heteroatoms. The molecular formula is C12H13ClN4OS. The van der Waals surface area contributed by atoms with E-state index < -0.39 is 0 Å². The fraction of sp³-hybridized carbons (Fsp3) is 0.250. The highest BCUT2D eigenvalue weighted by atomic mass is 35.5. The Morgan fingerprint density at radius 2 is 2.32 bits per heavy atom. The zero-order valence-electron chi connectivity index (χ0n) is 10.3. The summed E-state index contributed by atoms with van der Waals surface area (Å²) in [5.74, 6) is 1.28. The minimum absolute atomic E-state index is 0.206. The van der Waals surface area contributed by atoms with Crippen LogP contribution in [-0.2, 0) is 13.2 Å². The highest BCUT2D eigenvalue weighted by Crippen LogP contribution is 2.26. The summed E-state index contributed by atoms with van der Waals surface area (Å²) in [6.07, 6.45) is 1.49. The van der Waals surface area contributed by atoms with Crippen molar-refractivity contribution < 1.29 is 4.74 Å². The van der Waals surface area contributed by atoms with E-state index in [4.69, 9.17) is 34.3 Å². The van der Waals surface area contributed by atoms with E-state index in [0.717, 1.165) is 12.4 Å². The lowest BCUT2D eigenvalue weighted by atomic mass is 10.2. The first-order chi connectivity index (χ1) is 9.13. The zero-order valence-corrected chi connectivity index (χ0v) is 11.9. The second kappa shape index (κ2) is 5.99. The average molecular weight is 297 g/mol. The van der Waals surface area contributed by atoms with E-state index in [2.05, 4.69) is 10.1 Å². The van der Waals surface area contributed by atoms with Crippen molar-refractivity contribution >= 4 is 28.8 Å². The molecular weight excluding hydrogens is 284 g/mol. The van der Waals surface area contributed by atoms with E-state index in [9.17, 15) is 0 Å². The van der Waals surface area contributed by atoms with E-state index >= 15 is 0 Å². The number of thiocarbonyl (C=S) groups is 1. The highest BCUT2D eigenvalue weighted by molar-refractivity contribution is 7.80. The van der Waals surface area contributed by atoms with Gasteiger partial charge in [-0.1, -0.05) is 29.9 Å². The molecule has 0 aliphatic rings. The second-order valence-corrected chi connectivity index (χ2v) is 4.60. The van der Waals surface area contributed by atoms with E-state index in [0.29, 0.717) is 16.3 Å². The summed E-state index contributed by atoms with van der Waals surface area (Å²) in [4.78, 5) is 4.33. The number of hydrogen-bond donors (Lipinski definition) is 1. The van der Waals surface area contributed by atoms with Crippen LogP contribution in [0.5, 0.6) is 5.75 Å². The first kappa shape index (κ1) is 13.8. The van der Waals surface area contributed by atoms with Crippen LogP contribution in [0.1, 0.15) is 18.3 Å². The molecule has 0 bridgehead atoms. The molecule has 0 aliphatic heterocycles. The maximum Gasteiger partial charge on any atom is 0.164 e. The molecule has 0 saturated heterocycles. The van der Waals surface area contributed by atoms with Gasteiger partial charge in [-0.2, -0.15) is 5.10 Å². The molecule has 1 aromatic heterocycles. The van der Waals surface area contributed by atoms with E-state index in [1.807, 2.05) is 6.92 Å². The van der Waals surface area contributed by atoms with Gasteiger partial charge >= 0.3 is 0 Å². The van der Waals surface area contributed by atoms with Crippen molar-refractivity contribution in [3.8, 4) is 5.75 Å². The van der Waals surface area contributed by atoms with Gasteiger partial charge in [0.15, 0.2) is 5.82 Å². The molecule has 2 aromatic rings. The molecule has 0 aliphatic carbocycles. The molecule has 5 nitrogen and oxygen atoms in total. The molecule has 0 spiro atoms. The number of nitrogens with two attached hydrogens (primary N) is 1. The summed E-state index contributed by atoms with van der Waals surface area (Å²) >= 11 is 11.0. The molecule has 0 saturated carbocycles. The van der Waals surface area contributed by atoms with Crippen molar-refractivity contribution in [3.05, 3.63) is 40.9 Å². The summed E-state index contributed by atoms with van der Waals surface area (Å²) in [6, 6.07) is 5.27. The Morgan fingerprint density at radius 3 is 3.00 bits per heavy atom. The number of ether oxygens (including phenoxy) is 1. The van der Waals surface area contributed by atoms with Crippen molar-refractivity contribution in [1.29, 1.82) is 0 Å². The Kier molecular flexibility index (Phi) is 4.34. The summed E-state index contributed by atoms with van der Waals surface area (Å²) in [7, 11) is 0. The van der Waals surface area contributed by atoms with Gasteiger partial charge < -0.3 is 10.5 Å². The predicted octanol–water partition coefficient (Wildman–Crippen LogP) is 2.16. The predicted molar refractivity (Wildman–Crippen MR) is 77.4 cm³/mol. The lowest BCUT2D eigenvalue weighted by Crippen LogP contribution is -2.13. The van der Waals surface area contributed by atoms with Crippen LogP contribution in [0.2, 0.25) is 5.02 Å². The smallest absolute Gasteiger partial charge is 0.164 e. The van der Waals surface area contributed by atoms with Crippen molar-refractivity contribution in [1.82, 2.24) is 14.8 Å². The number of benzene rings is 1. The Labute approximate surface area is 121 Å². The number of hydrogen-bond acceptors (Lipinski definition) is 4. The normalized spacial score (nSPS) is 10.4. The summed E-state index contributed by atoms with van der Waals surface area (Å²) < 4.78 is 7.45. The van der Waals surface area contributed by atoms with Crippen LogP contribution >= 0.6 is 23.8 Å². The number of aromatic nitrogens is 3. The third-order valence-corrected chi connectivity index (χ3v) is 3.09. The Balaban J connectivity index is 2.20. The van der Waals surface area contributed by atoms with Crippen LogP contribution in [-0.4, -0.2) is 19.8 Å². The largest absolute Gasteiger partial charge is 0.485 e. The molecule has 100 valence electrons. The van der Waals surface area contributed by atoms with Crippen LogP contribution < -0.4 is 10.5 Å². The van der Waals surface area contributed by atoms with Gasteiger partial charge in [0.05, 0.1) is 10.6 Å². The van der Waals surface area contributed by atoms with E-state index in [1.54, 1.807) is 22.9 Å². The topological polar surface area (TPSA) is 66.0 Å². The summed E-state index contributed by atoms with van der Waals surface area (Å²) in [5, 5.41) is 4.55. The number of rotatable bonds is 5. The van der Waals surface area contributed by atoms with Crippen LogP contribution in [0.25, 0.3) is 0 Å². The van der Waals surface area contributed by atoms with Crippen molar-refractivity contribution in [2.24, 2.45) is 5.73 Å². The number of halogens is 1. The maximum atomic E-state index is 6.06. The molecule has 2 rings (SSSR count). The third kappa shape index (κ3) is 3.02. The minimum Gasteiger partial charge on any atom is -0.485 e. The van der Waals surface area contributed by atoms with E-state index in [-0.39, 0.29) is 11.6 Å². The molecule has 2 N–H and O–H groups in total. The minimum atomic E-state index is 0.206. The monoisotopic (exact) mass is 296 g/mol. The molecule has 0 atom stereocenters. The first-order valence-electron chi connectivity index (χ1n) is 5.71. The summed E-state index contributed by atoms with van der Waals surface area (Å²) in [5.41, 5.74) is 6.20. The third-order valence-electron chi connectivity index (χ3n) is 2.57. The van der Waals surface area contributed by atoms with Crippen LogP contribution in [0.4, 0.5) is 0 Å². The zero-order chi connectivity index (χ0) is 13.8. The number of aryl methyl sites for hydroxylation is 1. The molecule has 0 fully saturated rings. The second-order valence-electron chi connectivity index (χ2n) is 3.76. The summed E-state index contributed by atoms with van der Waals surface area (Å²) in [6.45, 7) is 3.00. The van der Waals surface area contributed by atoms with Crippen LogP contribution in [0.15, 0.2) is 24.5 Å². The maximum absolute atomic E-state index is 6.06. The van der Waals surface area contributed by atoms with Crippen LogP contribution in [0.3, 0.4) is 0 Å². The van der Waals surface area contributed by atoms with Gasteiger partial charge in [-0.05, 0) is 19.1 Å². The van der Waals surface area contributed by atoms with Gasteiger partial charge in [-0.25, -0.2) is 9.67 Å². The Bertz CT molecular complexity index is 599. The fourth-order valence-corrected chi connectivity index (χ4v) is 2.20.